The molecule has 4 heteroatoms. The monoisotopic (exact) mass is 390 g/mol. The number of amides is 1. The van der Waals surface area contributed by atoms with Crippen molar-refractivity contribution in [1.82, 2.24) is 9.47 Å². The largest absolute Gasteiger partial charge is 0.341 e. The van der Waals surface area contributed by atoms with Crippen molar-refractivity contribution >= 4 is 28.1 Å². The van der Waals surface area contributed by atoms with Crippen molar-refractivity contribution in [3.63, 3.8) is 0 Å². The second-order valence-corrected chi connectivity index (χ2v) is 9.67. The Balaban J connectivity index is 1.44. The Morgan fingerprint density at radius 3 is 2.86 bits per heavy atom. The number of carbonyl (C=O) groups excluding carboxylic acids is 1. The Morgan fingerprint density at radius 1 is 1.07 bits per heavy atom. The highest BCUT2D eigenvalue weighted by atomic mass is 32.1. The highest BCUT2D eigenvalue weighted by molar-refractivity contribution is 7.10. The van der Waals surface area contributed by atoms with Gasteiger partial charge in [0.05, 0.1) is 11.6 Å². The molecule has 0 saturated heterocycles. The molecule has 28 heavy (non-hydrogen) atoms. The molecule has 0 N–H and O–H groups in total. The van der Waals surface area contributed by atoms with Gasteiger partial charge in [0.2, 0.25) is 0 Å². The molecule has 3 heterocycles. The van der Waals surface area contributed by atoms with Gasteiger partial charge in [0.1, 0.15) is 0 Å². The summed E-state index contributed by atoms with van der Waals surface area (Å²) in [6, 6.07) is 7.10. The van der Waals surface area contributed by atoms with Crippen molar-refractivity contribution < 1.29 is 4.79 Å². The quantitative estimate of drug-likeness (QED) is 0.544. The summed E-state index contributed by atoms with van der Waals surface area (Å²) in [5.74, 6) is 0.282. The van der Waals surface area contributed by atoms with Gasteiger partial charge in [-0.2, -0.15) is 0 Å². The number of carbonyl (C=O) groups is 1. The van der Waals surface area contributed by atoms with Crippen molar-refractivity contribution in [2.75, 3.05) is 6.54 Å². The molecular weight excluding hydrogens is 364 g/mol. The first-order valence-electron chi connectivity index (χ1n) is 10.7. The molecule has 144 valence electrons. The Labute approximate surface area is 170 Å². The van der Waals surface area contributed by atoms with Gasteiger partial charge in [-0.25, -0.2) is 0 Å². The van der Waals surface area contributed by atoms with Crippen molar-refractivity contribution in [3.8, 4) is 0 Å². The number of nitrogens with zero attached hydrogens (tertiary/aromatic N) is 2. The van der Waals surface area contributed by atoms with E-state index in [0.717, 1.165) is 44.3 Å². The second kappa shape index (κ2) is 6.21. The molecule has 0 saturated carbocycles. The zero-order valence-electron chi connectivity index (χ0n) is 16.5. The van der Waals surface area contributed by atoms with E-state index in [1.54, 1.807) is 0 Å². The van der Waals surface area contributed by atoms with E-state index < -0.39 is 0 Å². The van der Waals surface area contributed by atoms with E-state index in [-0.39, 0.29) is 11.9 Å². The van der Waals surface area contributed by atoms with Gasteiger partial charge in [-0.15, -0.1) is 11.3 Å². The SMILES string of the molecule is Cc1ccc2c(c1)c1c3n2CCN(C(=O)c2csc4c2CCCC4)C3CCC1. The summed E-state index contributed by atoms with van der Waals surface area (Å²) in [6.07, 6.45) is 8.17. The smallest absolute Gasteiger partial charge is 0.255 e. The average molecular weight is 391 g/mol. The Bertz CT molecular complexity index is 1110. The number of thiophene rings is 1. The third kappa shape index (κ3) is 2.30. The van der Waals surface area contributed by atoms with Crippen LogP contribution >= 0.6 is 11.3 Å². The Hall–Kier alpha value is -2.07. The topological polar surface area (TPSA) is 25.2 Å². The van der Waals surface area contributed by atoms with Gasteiger partial charge in [-0.1, -0.05) is 11.6 Å². The minimum absolute atomic E-state index is 0.247. The van der Waals surface area contributed by atoms with Crippen molar-refractivity contribution in [3.05, 3.63) is 56.4 Å². The molecule has 3 aliphatic rings. The molecule has 2 aliphatic carbocycles. The number of aromatic nitrogens is 1. The molecule has 1 atom stereocenters. The number of aryl methyl sites for hydroxylation is 3. The van der Waals surface area contributed by atoms with Crippen molar-refractivity contribution in [2.24, 2.45) is 0 Å². The van der Waals surface area contributed by atoms with Crippen molar-refractivity contribution in [2.45, 2.75) is 64.5 Å². The van der Waals surface area contributed by atoms with E-state index in [0.29, 0.717) is 0 Å². The van der Waals surface area contributed by atoms with Gasteiger partial charge < -0.3 is 9.47 Å². The maximum absolute atomic E-state index is 13.6. The molecule has 0 fully saturated rings. The van der Waals surface area contributed by atoms with E-state index >= 15 is 0 Å². The van der Waals surface area contributed by atoms with Gasteiger partial charge in [0, 0.05) is 39.9 Å². The summed E-state index contributed by atoms with van der Waals surface area (Å²) in [5.41, 5.74) is 7.98. The maximum Gasteiger partial charge on any atom is 0.255 e. The summed E-state index contributed by atoms with van der Waals surface area (Å²) in [6.45, 7) is 3.93. The van der Waals surface area contributed by atoms with Crippen molar-refractivity contribution in [1.29, 1.82) is 0 Å². The predicted octanol–water partition coefficient (Wildman–Crippen LogP) is 5.42. The van der Waals surface area contributed by atoms with Gasteiger partial charge in [0.25, 0.3) is 5.91 Å². The molecule has 1 amide bonds. The lowest BCUT2D eigenvalue weighted by Crippen LogP contribution is -2.43. The number of hydrogen-bond acceptors (Lipinski definition) is 2. The van der Waals surface area contributed by atoms with Crippen LogP contribution in [0.1, 0.15) is 69.3 Å². The first-order chi connectivity index (χ1) is 13.7. The Morgan fingerprint density at radius 2 is 1.93 bits per heavy atom. The lowest BCUT2D eigenvalue weighted by atomic mass is 9.88. The van der Waals surface area contributed by atoms with Crippen LogP contribution in [0.5, 0.6) is 0 Å². The summed E-state index contributed by atoms with van der Waals surface area (Å²) in [5, 5.41) is 3.57. The van der Waals surface area contributed by atoms with Crippen LogP contribution in [-0.2, 0) is 25.8 Å². The first-order valence-corrected chi connectivity index (χ1v) is 11.6. The highest BCUT2D eigenvalue weighted by Crippen LogP contribution is 2.44. The van der Waals surface area contributed by atoms with E-state index in [1.165, 1.54) is 57.4 Å². The lowest BCUT2D eigenvalue weighted by molar-refractivity contribution is 0.0600. The predicted molar refractivity (Wildman–Crippen MR) is 114 cm³/mol. The van der Waals surface area contributed by atoms with Crippen LogP contribution in [0.3, 0.4) is 0 Å². The fourth-order valence-corrected chi connectivity index (χ4v) is 6.91. The molecule has 6 rings (SSSR count). The van der Waals surface area contributed by atoms with E-state index in [1.807, 2.05) is 11.3 Å². The molecule has 1 aromatic carbocycles. The van der Waals surface area contributed by atoms with Crippen LogP contribution in [0, 0.1) is 6.92 Å². The molecular formula is C24H26N2OS. The fourth-order valence-electron chi connectivity index (χ4n) is 5.79. The second-order valence-electron chi connectivity index (χ2n) is 8.70. The van der Waals surface area contributed by atoms with Gasteiger partial charge in [0.15, 0.2) is 0 Å². The van der Waals surface area contributed by atoms with Gasteiger partial charge >= 0.3 is 0 Å². The molecule has 1 unspecified atom stereocenters. The Kier molecular flexibility index (Phi) is 3.74. The number of benzene rings is 1. The minimum Gasteiger partial charge on any atom is -0.341 e. The normalized spacial score (nSPS) is 20.9. The third-order valence-electron chi connectivity index (χ3n) is 7.08. The molecule has 1 aliphatic heterocycles. The average Bonchev–Trinajstić information content (AvgIpc) is 3.29. The molecule has 2 aromatic heterocycles. The molecule has 0 spiro atoms. The van der Waals surface area contributed by atoms with E-state index in [9.17, 15) is 4.79 Å². The fraction of sp³-hybridized carbons (Fsp3) is 0.458. The zero-order valence-corrected chi connectivity index (χ0v) is 17.3. The molecule has 3 aromatic rings. The lowest BCUT2D eigenvalue weighted by Gasteiger charge is -2.40. The van der Waals surface area contributed by atoms with Crippen LogP contribution in [-0.4, -0.2) is 21.9 Å². The summed E-state index contributed by atoms with van der Waals surface area (Å²) < 4.78 is 2.51. The van der Waals surface area contributed by atoms with Crippen LogP contribution in [0.15, 0.2) is 23.6 Å². The van der Waals surface area contributed by atoms with E-state index in [4.69, 9.17) is 0 Å². The minimum atomic E-state index is 0.247. The number of hydrogen-bond donors (Lipinski definition) is 0. The first kappa shape index (κ1) is 16.8. The van der Waals surface area contributed by atoms with E-state index in [2.05, 4.69) is 40.0 Å². The number of fused-ring (bicyclic) bond motifs is 4. The van der Waals surface area contributed by atoms with Crippen LogP contribution in [0.2, 0.25) is 0 Å². The summed E-state index contributed by atoms with van der Waals surface area (Å²) >= 11 is 1.81. The number of rotatable bonds is 1. The van der Waals surface area contributed by atoms with Crippen LogP contribution in [0.4, 0.5) is 0 Å². The van der Waals surface area contributed by atoms with Crippen LogP contribution < -0.4 is 0 Å². The standard InChI is InChI=1S/C24H26N2OS/c1-15-9-10-20-18(13-15)17-6-4-7-21-23(17)25(20)11-12-26(21)24(27)19-14-28-22-8-3-2-5-16(19)22/h9-10,13-14,21H,2-8,11-12H2,1H3. The third-order valence-corrected chi connectivity index (χ3v) is 8.17. The highest BCUT2D eigenvalue weighted by Gasteiger charge is 2.38. The van der Waals surface area contributed by atoms with Gasteiger partial charge in [-0.3, -0.25) is 4.79 Å². The zero-order chi connectivity index (χ0) is 18.8. The summed E-state index contributed by atoms with van der Waals surface area (Å²) in [4.78, 5) is 17.3. The molecule has 3 nitrogen and oxygen atoms in total. The maximum atomic E-state index is 13.6. The molecule has 0 radical (unpaired) electrons. The van der Waals surface area contributed by atoms with Gasteiger partial charge in [-0.05, 0) is 75.1 Å². The molecule has 0 bridgehead atoms. The van der Waals surface area contributed by atoms with Crippen LogP contribution in [0.25, 0.3) is 10.9 Å². The summed E-state index contributed by atoms with van der Waals surface area (Å²) in [7, 11) is 0.